The molecule has 7 nitrogen and oxygen atoms in total. The lowest BCUT2D eigenvalue weighted by atomic mass is 10.1. The van der Waals surface area contributed by atoms with Gasteiger partial charge in [0.05, 0.1) is 11.3 Å². The van der Waals surface area contributed by atoms with Crippen LogP contribution >= 0.6 is 11.8 Å². The fraction of sp³-hybridized carbons (Fsp3) is 0.211. The van der Waals surface area contributed by atoms with Gasteiger partial charge in [0.2, 0.25) is 11.5 Å². The number of Topliss-reactive ketones (excluding diaryl/α,β-unsaturated/α-hetero) is 1. The first kappa shape index (κ1) is 18.6. The highest BCUT2D eigenvalue weighted by Gasteiger charge is 2.30. The molecule has 3 aromatic rings. The summed E-state index contributed by atoms with van der Waals surface area (Å²) in [6.45, 7) is 4.00. The summed E-state index contributed by atoms with van der Waals surface area (Å²) >= 11 is 1.13. The fourth-order valence-electron chi connectivity index (χ4n) is 2.44. The summed E-state index contributed by atoms with van der Waals surface area (Å²) in [4.78, 5) is 29.2. The molecule has 0 saturated heterocycles. The average molecular weight is 381 g/mol. The Kier molecular flexibility index (Phi) is 5.52. The van der Waals surface area contributed by atoms with Gasteiger partial charge in [0, 0.05) is 17.8 Å². The zero-order valence-corrected chi connectivity index (χ0v) is 15.6. The summed E-state index contributed by atoms with van der Waals surface area (Å²) in [6, 6.07) is 14.5. The second-order valence-corrected chi connectivity index (χ2v) is 7.03. The first-order valence-electron chi connectivity index (χ1n) is 8.27. The molecule has 2 heterocycles. The number of thioether (sulfide) groups is 1. The molecule has 0 aliphatic heterocycles. The minimum absolute atomic E-state index is 0.0430. The molecule has 0 aliphatic rings. The third kappa shape index (κ3) is 3.99. The van der Waals surface area contributed by atoms with Gasteiger partial charge in [-0.25, -0.2) is 9.78 Å². The topological polar surface area (TPSA) is 104 Å². The van der Waals surface area contributed by atoms with Gasteiger partial charge in [0.25, 0.3) is 0 Å². The van der Waals surface area contributed by atoms with Crippen molar-refractivity contribution in [2.45, 2.75) is 24.8 Å². The number of H-pyrrole nitrogens is 1. The molecule has 0 spiro atoms. The number of hydrogen-bond acceptors (Lipinski definition) is 6. The highest BCUT2D eigenvalue weighted by Crippen LogP contribution is 2.23. The monoisotopic (exact) mass is 381 g/mol. The molecule has 0 atom stereocenters. The zero-order valence-electron chi connectivity index (χ0n) is 14.8. The van der Waals surface area contributed by atoms with Crippen LogP contribution in [0.25, 0.3) is 5.69 Å². The minimum Gasteiger partial charge on any atom is -0.286 e. The number of ketones is 1. The Bertz CT molecular complexity index is 1060. The highest BCUT2D eigenvalue weighted by molar-refractivity contribution is 8.00. The Balaban J connectivity index is 1.86. The van der Waals surface area contributed by atoms with Crippen molar-refractivity contribution in [1.82, 2.24) is 10.3 Å². The molecule has 3 rings (SSSR count). The van der Waals surface area contributed by atoms with Crippen LogP contribution in [0.1, 0.15) is 41.5 Å². The maximum atomic E-state index is 12.7. The standard InChI is InChI=1S/C19H16N4O3S/c1-12(2)15-9-8-13(10-20)18(21-15)27-11-16(24)17-19(25)26-22-23(17)14-6-4-3-5-7-14/h3-9,12H,11H2,1-2H3/p+1. The predicted molar refractivity (Wildman–Crippen MR) is 99.0 cm³/mol. The largest absolute Gasteiger partial charge is 0.438 e. The zero-order chi connectivity index (χ0) is 19.4. The molecule has 2 aromatic heterocycles. The van der Waals surface area contributed by atoms with Crippen molar-refractivity contribution >= 4 is 17.5 Å². The number of carbonyl (C=O) groups excluding carboxylic acids is 1. The molecule has 1 aromatic carbocycles. The number of benzene rings is 1. The highest BCUT2D eigenvalue weighted by atomic mass is 32.2. The number of hydrogen-bond donors (Lipinski definition) is 1. The summed E-state index contributed by atoms with van der Waals surface area (Å²) in [5.74, 6) is -0.261. The Morgan fingerprint density at radius 3 is 2.70 bits per heavy atom. The number of nitrogens with zero attached hydrogens (tertiary/aromatic N) is 3. The molecular weight excluding hydrogens is 364 g/mol. The van der Waals surface area contributed by atoms with E-state index < -0.39 is 11.4 Å². The van der Waals surface area contributed by atoms with Gasteiger partial charge in [-0.15, -0.1) is 0 Å². The summed E-state index contributed by atoms with van der Waals surface area (Å²) in [5, 5.41) is 12.2. The summed E-state index contributed by atoms with van der Waals surface area (Å²) in [5.41, 5.74) is 0.995. The molecule has 27 heavy (non-hydrogen) atoms. The van der Waals surface area contributed by atoms with Crippen molar-refractivity contribution in [2.24, 2.45) is 0 Å². The van der Waals surface area contributed by atoms with Crippen molar-refractivity contribution in [3.8, 4) is 11.8 Å². The van der Waals surface area contributed by atoms with Crippen molar-refractivity contribution in [1.29, 1.82) is 5.26 Å². The lowest BCUT2D eigenvalue weighted by Crippen LogP contribution is -2.41. The van der Waals surface area contributed by atoms with Gasteiger partial charge in [-0.1, -0.05) is 43.8 Å². The second kappa shape index (κ2) is 8.01. The maximum Gasteiger partial charge on any atom is 0.438 e. The lowest BCUT2D eigenvalue weighted by molar-refractivity contribution is -0.672. The molecule has 8 heteroatoms. The maximum absolute atomic E-state index is 12.7. The molecule has 0 amide bonds. The van der Waals surface area contributed by atoms with Gasteiger partial charge < -0.3 is 0 Å². The molecule has 1 N–H and O–H groups in total. The van der Waals surface area contributed by atoms with E-state index in [1.807, 2.05) is 19.9 Å². The smallest absolute Gasteiger partial charge is 0.286 e. The summed E-state index contributed by atoms with van der Waals surface area (Å²) < 4.78 is 6.12. The molecule has 0 bridgehead atoms. The first-order valence-corrected chi connectivity index (χ1v) is 9.25. The molecule has 0 aliphatic carbocycles. The van der Waals surface area contributed by atoms with E-state index in [0.717, 1.165) is 17.5 Å². The number of pyridine rings is 1. The normalized spacial score (nSPS) is 10.7. The van der Waals surface area contributed by atoms with Crippen molar-refractivity contribution in [3.63, 3.8) is 0 Å². The van der Waals surface area contributed by atoms with Crippen LogP contribution < -0.4 is 10.3 Å². The number of nitrogens with one attached hydrogen (secondary N) is 1. The number of nitriles is 1. The molecule has 136 valence electrons. The van der Waals surface area contributed by atoms with Crippen LogP contribution in [-0.2, 0) is 0 Å². The molecule has 0 radical (unpaired) electrons. The van der Waals surface area contributed by atoms with E-state index in [0.29, 0.717) is 16.3 Å². The van der Waals surface area contributed by atoms with Crippen LogP contribution in [0.15, 0.2) is 56.8 Å². The Hall–Kier alpha value is -3.18. The van der Waals surface area contributed by atoms with Crippen molar-refractivity contribution < 1.29 is 14.0 Å². The number of rotatable bonds is 6. The van der Waals surface area contributed by atoms with E-state index in [1.54, 1.807) is 36.4 Å². The van der Waals surface area contributed by atoms with E-state index in [2.05, 4.69) is 16.3 Å². The molecule has 0 unspecified atom stereocenters. The number of carbonyl (C=O) groups is 1. The quantitative estimate of drug-likeness (QED) is 0.400. The second-order valence-electron chi connectivity index (χ2n) is 6.07. The van der Waals surface area contributed by atoms with Crippen molar-refractivity contribution in [2.75, 3.05) is 5.75 Å². The van der Waals surface area contributed by atoms with Gasteiger partial charge in [-0.05, 0) is 28.0 Å². The van der Waals surface area contributed by atoms with Crippen LogP contribution in [0.2, 0.25) is 0 Å². The van der Waals surface area contributed by atoms with E-state index in [1.165, 1.54) is 4.68 Å². The number of aromatic amines is 1. The van der Waals surface area contributed by atoms with Gasteiger partial charge in [-0.2, -0.15) is 5.26 Å². The molecule has 0 fully saturated rings. The Morgan fingerprint density at radius 1 is 1.30 bits per heavy atom. The third-order valence-electron chi connectivity index (χ3n) is 3.86. The SMILES string of the molecule is CC(C)c1ccc(C#N)c(SCC(=O)c2c(=O)o[nH][n+]2-c2ccccc2)n1. The number of para-hydroxylation sites is 1. The van der Waals surface area contributed by atoms with Gasteiger partial charge in [-0.3, -0.25) is 9.32 Å². The van der Waals surface area contributed by atoms with Crippen molar-refractivity contribution in [3.05, 3.63) is 69.8 Å². The third-order valence-corrected chi connectivity index (χ3v) is 4.85. The van der Waals surface area contributed by atoms with Crippen LogP contribution in [0.5, 0.6) is 0 Å². The van der Waals surface area contributed by atoms with Crippen LogP contribution in [0.4, 0.5) is 0 Å². The van der Waals surface area contributed by atoms with E-state index in [4.69, 9.17) is 4.52 Å². The predicted octanol–water partition coefficient (Wildman–Crippen LogP) is 2.61. The van der Waals surface area contributed by atoms with E-state index in [-0.39, 0.29) is 17.4 Å². The van der Waals surface area contributed by atoms with E-state index in [9.17, 15) is 14.9 Å². The van der Waals surface area contributed by atoms with Gasteiger partial charge >= 0.3 is 11.3 Å². The van der Waals surface area contributed by atoms with Crippen LogP contribution in [-0.4, -0.2) is 21.8 Å². The van der Waals surface area contributed by atoms with E-state index >= 15 is 0 Å². The minimum atomic E-state index is -0.742. The Labute approximate surface area is 159 Å². The van der Waals surface area contributed by atoms with Gasteiger partial charge in [0.15, 0.2) is 0 Å². The average Bonchev–Trinajstić information content (AvgIpc) is 3.08. The summed E-state index contributed by atoms with van der Waals surface area (Å²) in [7, 11) is 0. The first-order chi connectivity index (χ1) is 13.0. The van der Waals surface area contributed by atoms with Crippen LogP contribution in [0, 0.1) is 11.3 Å². The molecular formula is C19H17N4O3S+. The molecule has 0 saturated carbocycles. The lowest BCUT2D eigenvalue weighted by Gasteiger charge is -2.07. The van der Waals surface area contributed by atoms with Gasteiger partial charge in [0.1, 0.15) is 11.1 Å². The summed E-state index contributed by atoms with van der Waals surface area (Å²) in [6.07, 6.45) is 0. The fourth-order valence-corrected chi connectivity index (χ4v) is 3.29. The Morgan fingerprint density at radius 2 is 2.04 bits per heavy atom. The number of aromatic nitrogens is 3. The van der Waals surface area contributed by atoms with Crippen LogP contribution in [0.3, 0.4) is 0 Å².